The number of benzene rings is 1. The molecule has 12 heavy (non-hydrogen) atoms. The summed E-state index contributed by atoms with van der Waals surface area (Å²) < 4.78 is 10.7. The van der Waals surface area contributed by atoms with Crippen LogP contribution in [0.15, 0.2) is 24.3 Å². The topological polar surface area (TPSA) is 21.8 Å². The van der Waals surface area contributed by atoms with Crippen LogP contribution in [0.1, 0.15) is 5.56 Å². The lowest BCUT2D eigenvalue weighted by atomic mass is 10.1. The second kappa shape index (κ2) is 2.78. The Bertz CT molecular complexity index is 271. The SMILES string of the molecule is [AlH3].c1ccc2c(c1)CC1OC1O2. The number of para-hydroxylation sites is 1. The van der Waals surface area contributed by atoms with E-state index in [1.165, 1.54) is 5.56 Å². The first kappa shape index (κ1) is 8.13. The molecule has 2 heterocycles. The van der Waals surface area contributed by atoms with Crippen molar-refractivity contribution in [2.75, 3.05) is 0 Å². The average molecular weight is 178 g/mol. The predicted octanol–water partition coefficient (Wildman–Crippen LogP) is 0.162. The zero-order chi connectivity index (χ0) is 7.26. The number of epoxide rings is 1. The molecule has 3 rings (SSSR count). The van der Waals surface area contributed by atoms with E-state index in [9.17, 15) is 0 Å². The molecule has 62 valence electrons. The van der Waals surface area contributed by atoms with Gasteiger partial charge in [0.25, 0.3) is 0 Å². The van der Waals surface area contributed by atoms with Crippen molar-refractivity contribution in [1.29, 1.82) is 0 Å². The number of fused-ring (bicyclic) bond motifs is 2. The molecule has 2 aliphatic rings. The van der Waals surface area contributed by atoms with Crippen LogP contribution < -0.4 is 4.74 Å². The second-order valence-corrected chi connectivity index (χ2v) is 2.97. The van der Waals surface area contributed by atoms with Crippen LogP contribution >= 0.6 is 0 Å². The minimum atomic E-state index is 0. The lowest BCUT2D eigenvalue weighted by molar-refractivity contribution is 0.179. The van der Waals surface area contributed by atoms with Gasteiger partial charge in [-0.05, 0) is 11.6 Å². The van der Waals surface area contributed by atoms with Crippen molar-refractivity contribution in [1.82, 2.24) is 0 Å². The van der Waals surface area contributed by atoms with E-state index in [-0.39, 0.29) is 23.7 Å². The third kappa shape index (κ3) is 1.15. The zero-order valence-electron chi connectivity index (χ0n) is 5.99. The maximum absolute atomic E-state index is 5.48. The van der Waals surface area contributed by atoms with Gasteiger partial charge in [-0.1, -0.05) is 18.2 Å². The van der Waals surface area contributed by atoms with Crippen LogP contribution in [-0.4, -0.2) is 29.8 Å². The second-order valence-electron chi connectivity index (χ2n) is 2.97. The Balaban J connectivity index is 0.000000563. The lowest BCUT2D eigenvalue weighted by Gasteiger charge is -2.11. The molecule has 1 aromatic carbocycles. The molecular formula is C9H11AlO2. The Morgan fingerprint density at radius 3 is 3.00 bits per heavy atom. The summed E-state index contributed by atoms with van der Waals surface area (Å²) in [6.45, 7) is 0. The van der Waals surface area contributed by atoms with Gasteiger partial charge in [0.05, 0.1) is 0 Å². The summed E-state index contributed by atoms with van der Waals surface area (Å²) in [6, 6.07) is 8.10. The Hall–Kier alpha value is -0.488. The normalized spacial score (nSPS) is 29.0. The Kier molecular flexibility index (Phi) is 1.88. The van der Waals surface area contributed by atoms with Crippen LogP contribution in [0.5, 0.6) is 5.75 Å². The van der Waals surface area contributed by atoms with Crippen LogP contribution in [0.25, 0.3) is 0 Å². The van der Waals surface area contributed by atoms with Gasteiger partial charge >= 0.3 is 0 Å². The van der Waals surface area contributed by atoms with Crippen LogP contribution in [0.4, 0.5) is 0 Å². The maximum Gasteiger partial charge on any atom is 0.227 e. The highest BCUT2D eigenvalue weighted by Crippen LogP contribution is 2.37. The highest BCUT2D eigenvalue weighted by molar-refractivity contribution is 5.75. The van der Waals surface area contributed by atoms with Gasteiger partial charge in [-0.2, -0.15) is 0 Å². The van der Waals surface area contributed by atoms with Gasteiger partial charge in [-0.25, -0.2) is 0 Å². The molecule has 0 amide bonds. The molecule has 1 saturated heterocycles. The first-order valence-electron chi connectivity index (χ1n) is 3.83. The molecule has 0 spiro atoms. The average Bonchev–Trinajstić information content (AvgIpc) is 2.77. The summed E-state index contributed by atoms with van der Waals surface area (Å²) in [7, 11) is 0. The molecule has 0 aromatic heterocycles. The summed E-state index contributed by atoms with van der Waals surface area (Å²) in [4.78, 5) is 0. The summed E-state index contributed by atoms with van der Waals surface area (Å²) in [5.41, 5.74) is 1.27. The maximum atomic E-state index is 5.48. The van der Waals surface area contributed by atoms with Gasteiger partial charge < -0.3 is 9.47 Å². The third-order valence-corrected chi connectivity index (χ3v) is 2.17. The monoisotopic (exact) mass is 178 g/mol. The summed E-state index contributed by atoms with van der Waals surface area (Å²) in [5, 5.41) is 0. The van der Waals surface area contributed by atoms with Crippen LogP contribution in [0.2, 0.25) is 0 Å². The largest absolute Gasteiger partial charge is 0.462 e. The molecule has 2 nitrogen and oxygen atoms in total. The summed E-state index contributed by atoms with van der Waals surface area (Å²) >= 11 is 0. The molecule has 0 bridgehead atoms. The van der Waals surface area contributed by atoms with Gasteiger partial charge in [0.15, 0.2) is 17.4 Å². The van der Waals surface area contributed by atoms with Crippen molar-refractivity contribution in [3.63, 3.8) is 0 Å². The van der Waals surface area contributed by atoms with E-state index in [1.807, 2.05) is 18.2 Å². The fourth-order valence-electron chi connectivity index (χ4n) is 1.50. The third-order valence-electron chi connectivity index (χ3n) is 2.17. The van der Waals surface area contributed by atoms with E-state index in [0.29, 0.717) is 6.10 Å². The molecular weight excluding hydrogens is 167 g/mol. The summed E-state index contributed by atoms with van der Waals surface area (Å²) in [6.07, 6.45) is 1.41. The number of hydrogen-bond acceptors (Lipinski definition) is 2. The van der Waals surface area contributed by atoms with Crippen molar-refractivity contribution in [2.24, 2.45) is 0 Å². The van der Waals surface area contributed by atoms with E-state index in [0.717, 1.165) is 12.2 Å². The Morgan fingerprint density at radius 1 is 1.25 bits per heavy atom. The number of rotatable bonds is 0. The molecule has 0 N–H and O–H groups in total. The quantitative estimate of drug-likeness (QED) is 0.417. The molecule has 0 radical (unpaired) electrons. The molecule has 0 saturated carbocycles. The van der Waals surface area contributed by atoms with Crippen molar-refractivity contribution in [3.8, 4) is 5.75 Å². The number of hydrogen-bond donors (Lipinski definition) is 0. The number of ether oxygens (including phenoxy) is 2. The fraction of sp³-hybridized carbons (Fsp3) is 0.333. The first-order valence-corrected chi connectivity index (χ1v) is 3.83. The fourth-order valence-corrected chi connectivity index (χ4v) is 1.50. The van der Waals surface area contributed by atoms with Gasteiger partial charge in [-0.15, -0.1) is 0 Å². The van der Waals surface area contributed by atoms with E-state index >= 15 is 0 Å². The smallest absolute Gasteiger partial charge is 0.227 e. The first-order chi connectivity index (χ1) is 5.43. The Labute approximate surface area is 81.6 Å². The van der Waals surface area contributed by atoms with Crippen molar-refractivity contribution in [3.05, 3.63) is 29.8 Å². The lowest BCUT2D eigenvalue weighted by Crippen LogP contribution is -2.12. The molecule has 1 aromatic rings. The minimum Gasteiger partial charge on any atom is -0.462 e. The van der Waals surface area contributed by atoms with E-state index in [4.69, 9.17) is 9.47 Å². The standard InChI is InChI=1S/C9H8O2.Al.3H/c1-2-4-7-6(3-1)5-8-9(10-7)11-8;;;;/h1-4,8-9H,5H2;;;;. The van der Waals surface area contributed by atoms with Crippen molar-refractivity contribution < 1.29 is 9.47 Å². The molecule has 2 unspecified atom stereocenters. The molecule has 0 aliphatic carbocycles. The van der Waals surface area contributed by atoms with E-state index in [1.54, 1.807) is 0 Å². The van der Waals surface area contributed by atoms with Gasteiger partial charge in [0, 0.05) is 6.42 Å². The van der Waals surface area contributed by atoms with E-state index in [2.05, 4.69) is 6.07 Å². The van der Waals surface area contributed by atoms with Crippen LogP contribution in [0.3, 0.4) is 0 Å². The molecule has 3 heteroatoms. The predicted molar refractivity (Wildman–Crippen MR) is 49.4 cm³/mol. The van der Waals surface area contributed by atoms with Crippen molar-refractivity contribution >= 4 is 17.4 Å². The highest BCUT2D eigenvalue weighted by Gasteiger charge is 2.45. The Morgan fingerprint density at radius 2 is 2.08 bits per heavy atom. The van der Waals surface area contributed by atoms with Crippen molar-refractivity contribution in [2.45, 2.75) is 18.8 Å². The summed E-state index contributed by atoms with van der Waals surface area (Å²) in [5.74, 6) is 0.992. The van der Waals surface area contributed by atoms with E-state index < -0.39 is 0 Å². The van der Waals surface area contributed by atoms with Crippen LogP contribution in [0, 0.1) is 0 Å². The minimum absolute atomic E-state index is 0. The highest BCUT2D eigenvalue weighted by atomic mass is 27.0. The molecule has 2 aliphatic heterocycles. The zero-order valence-corrected chi connectivity index (χ0v) is 5.99. The van der Waals surface area contributed by atoms with Gasteiger partial charge in [0.2, 0.25) is 6.29 Å². The van der Waals surface area contributed by atoms with Gasteiger partial charge in [0.1, 0.15) is 11.9 Å². The van der Waals surface area contributed by atoms with Crippen LogP contribution in [-0.2, 0) is 11.2 Å². The molecule has 1 fully saturated rings. The molecule has 2 atom stereocenters. The van der Waals surface area contributed by atoms with Gasteiger partial charge in [-0.3, -0.25) is 0 Å².